The Hall–Kier alpha value is -1.55. The van der Waals surface area contributed by atoms with Crippen LogP contribution >= 0.6 is 11.6 Å². The molecule has 1 heterocycles. The number of halogens is 2. The Morgan fingerprint density at radius 3 is 2.68 bits per heavy atom. The number of benzene rings is 1. The van der Waals surface area contributed by atoms with Crippen molar-refractivity contribution in [3.63, 3.8) is 0 Å². The Bertz CT molecular complexity index is 605. The van der Waals surface area contributed by atoms with Gasteiger partial charge in [-0.3, -0.25) is 4.68 Å². The van der Waals surface area contributed by atoms with Crippen molar-refractivity contribution in [2.24, 2.45) is 13.0 Å². The fourth-order valence-electron chi connectivity index (χ4n) is 2.09. The number of anilines is 1. The molecule has 2 aromatic rings. The van der Waals surface area contributed by atoms with Crippen molar-refractivity contribution in [2.75, 3.05) is 5.73 Å². The molecule has 2 N–H and O–H groups in total. The van der Waals surface area contributed by atoms with Crippen LogP contribution in [-0.4, -0.2) is 9.78 Å². The second-order valence-corrected chi connectivity index (χ2v) is 5.49. The van der Waals surface area contributed by atoms with Crippen LogP contribution in [0.3, 0.4) is 0 Å². The lowest BCUT2D eigenvalue weighted by molar-refractivity contribution is 0.628. The van der Waals surface area contributed by atoms with Crippen molar-refractivity contribution in [1.29, 1.82) is 0 Å². The second-order valence-electron chi connectivity index (χ2n) is 5.06. The standard InChI is InChI=1S/C14H17ClFN3/c1-8(2)6-11-13(18-19(3)14(11)17)10-5-4-9(15)7-12(10)16/h4-5,7-8H,6,17H2,1-3H3. The highest BCUT2D eigenvalue weighted by atomic mass is 35.5. The van der Waals surface area contributed by atoms with Gasteiger partial charge in [-0.2, -0.15) is 5.10 Å². The van der Waals surface area contributed by atoms with Gasteiger partial charge in [0.1, 0.15) is 17.3 Å². The molecule has 0 unspecified atom stereocenters. The van der Waals surface area contributed by atoms with E-state index in [-0.39, 0.29) is 5.82 Å². The molecule has 2 rings (SSSR count). The molecule has 0 aliphatic rings. The molecule has 0 bridgehead atoms. The Kier molecular flexibility index (Phi) is 3.80. The van der Waals surface area contributed by atoms with Crippen molar-refractivity contribution < 1.29 is 4.39 Å². The summed E-state index contributed by atoms with van der Waals surface area (Å²) in [6.07, 6.45) is 0.761. The predicted octanol–water partition coefficient (Wildman–Crippen LogP) is 3.66. The summed E-state index contributed by atoms with van der Waals surface area (Å²) < 4.78 is 15.6. The van der Waals surface area contributed by atoms with E-state index in [9.17, 15) is 4.39 Å². The molecule has 5 heteroatoms. The SMILES string of the molecule is CC(C)Cc1c(-c2ccc(Cl)cc2F)nn(C)c1N. The maximum atomic E-state index is 14.0. The number of aromatic nitrogens is 2. The molecular weight excluding hydrogens is 265 g/mol. The van der Waals surface area contributed by atoms with Crippen LogP contribution in [0.25, 0.3) is 11.3 Å². The third kappa shape index (κ3) is 2.73. The molecule has 102 valence electrons. The van der Waals surface area contributed by atoms with Gasteiger partial charge in [0.15, 0.2) is 0 Å². The van der Waals surface area contributed by atoms with Gasteiger partial charge in [-0.15, -0.1) is 0 Å². The summed E-state index contributed by atoms with van der Waals surface area (Å²) in [5.74, 6) is 0.620. The van der Waals surface area contributed by atoms with Gasteiger partial charge in [-0.1, -0.05) is 25.4 Å². The van der Waals surface area contributed by atoms with E-state index in [0.29, 0.717) is 28.0 Å². The lowest BCUT2D eigenvalue weighted by atomic mass is 9.99. The van der Waals surface area contributed by atoms with Crippen molar-refractivity contribution in [1.82, 2.24) is 9.78 Å². The fourth-order valence-corrected chi connectivity index (χ4v) is 2.25. The maximum absolute atomic E-state index is 14.0. The average molecular weight is 282 g/mol. The molecule has 1 aromatic heterocycles. The molecule has 0 amide bonds. The van der Waals surface area contributed by atoms with Crippen LogP contribution in [0.4, 0.5) is 10.2 Å². The number of hydrogen-bond acceptors (Lipinski definition) is 2. The quantitative estimate of drug-likeness (QED) is 0.933. The second kappa shape index (κ2) is 5.21. The number of nitrogen functional groups attached to an aromatic ring is 1. The largest absolute Gasteiger partial charge is 0.384 e. The molecule has 0 spiro atoms. The summed E-state index contributed by atoms with van der Waals surface area (Å²) >= 11 is 5.77. The van der Waals surface area contributed by atoms with Gasteiger partial charge in [0.2, 0.25) is 0 Å². The summed E-state index contributed by atoms with van der Waals surface area (Å²) in [5, 5.41) is 4.70. The number of aryl methyl sites for hydroxylation is 1. The first-order valence-electron chi connectivity index (χ1n) is 6.17. The van der Waals surface area contributed by atoms with E-state index in [1.54, 1.807) is 23.9 Å². The molecule has 0 saturated heterocycles. The molecule has 0 aliphatic heterocycles. The summed E-state index contributed by atoms with van der Waals surface area (Å²) in [6.45, 7) is 4.18. The van der Waals surface area contributed by atoms with Gasteiger partial charge in [0, 0.05) is 23.2 Å². The molecule has 0 aliphatic carbocycles. The number of nitrogens with zero attached hydrogens (tertiary/aromatic N) is 2. The van der Waals surface area contributed by atoms with E-state index in [4.69, 9.17) is 17.3 Å². The van der Waals surface area contributed by atoms with Gasteiger partial charge in [-0.05, 0) is 30.5 Å². The zero-order valence-corrected chi connectivity index (χ0v) is 12.0. The van der Waals surface area contributed by atoms with Crippen LogP contribution in [0.5, 0.6) is 0 Å². The highest BCUT2D eigenvalue weighted by molar-refractivity contribution is 6.30. The minimum Gasteiger partial charge on any atom is -0.384 e. The molecule has 19 heavy (non-hydrogen) atoms. The number of rotatable bonds is 3. The maximum Gasteiger partial charge on any atom is 0.134 e. The molecule has 0 atom stereocenters. The lowest BCUT2D eigenvalue weighted by Gasteiger charge is -2.07. The van der Waals surface area contributed by atoms with Crippen LogP contribution in [0.1, 0.15) is 19.4 Å². The van der Waals surface area contributed by atoms with E-state index in [2.05, 4.69) is 18.9 Å². The highest BCUT2D eigenvalue weighted by Gasteiger charge is 2.19. The van der Waals surface area contributed by atoms with E-state index < -0.39 is 0 Å². The summed E-state index contributed by atoms with van der Waals surface area (Å²) in [6, 6.07) is 4.59. The first-order valence-corrected chi connectivity index (χ1v) is 6.54. The number of nitrogens with two attached hydrogens (primary N) is 1. The molecule has 3 nitrogen and oxygen atoms in total. The lowest BCUT2D eigenvalue weighted by Crippen LogP contribution is -2.02. The number of hydrogen-bond donors (Lipinski definition) is 1. The highest BCUT2D eigenvalue weighted by Crippen LogP contribution is 2.31. The minimum atomic E-state index is -0.379. The third-order valence-corrected chi connectivity index (χ3v) is 3.23. The van der Waals surface area contributed by atoms with E-state index in [0.717, 1.165) is 12.0 Å². The Morgan fingerprint density at radius 2 is 2.11 bits per heavy atom. The predicted molar refractivity (Wildman–Crippen MR) is 76.6 cm³/mol. The minimum absolute atomic E-state index is 0.371. The van der Waals surface area contributed by atoms with Gasteiger partial charge in [0.05, 0.1) is 0 Å². The van der Waals surface area contributed by atoms with Crippen molar-refractivity contribution in [3.8, 4) is 11.3 Å². The van der Waals surface area contributed by atoms with Crippen LogP contribution in [0.15, 0.2) is 18.2 Å². The van der Waals surface area contributed by atoms with Gasteiger partial charge >= 0.3 is 0 Å². The molecule has 0 saturated carbocycles. The first kappa shape index (κ1) is 13.9. The van der Waals surface area contributed by atoms with Crippen LogP contribution in [-0.2, 0) is 13.5 Å². The van der Waals surface area contributed by atoms with E-state index in [1.165, 1.54) is 6.07 Å². The Labute approximate surface area is 117 Å². The van der Waals surface area contributed by atoms with Gasteiger partial charge in [-0.25, -0.2) is 4.39 Å². The summed E-state index contributed by atoms with van der Waals surface area (Å²) in [5.41, 5.74) is 7.95. The van der Waals surface area contributed by atoms with E-state index >= 15 is 0 Å². The van der Waals surface area contributed by atoms with Gasteiger partial charge in [0.25, 0.3) is 0 Å². The molecule has 1 aromatic carbocycles. The zero-order chi connectivity index (χ0) is 14.2. The van der Waals surface area contributed by atoms with Crippen molar-refractivity contribution in [2.45, 2.75) is 20.3 Å². The summed E-state index contributed by atoms with van der Waals surface area (Å²) in [7, 11) is 1.76. The Morgan fingerprint density at radius 1 is 1.42 bits per heavy atom. The van der Waals surface area contributed by atoms with Gasteiger partial charge < -0.3 is 5.73 Å². The molecular formula is C14H17ClFN3. The smallest absolute Gasteiger partial charge is 0.134 e. The zero-order valence-electron chi connectivity index (χ0n) is 11.2. The first-order chi connectivity index (χ1) is 8.90. The molecule has 0 radical (unpaired) electrons. The monoisotopic (exact) mass is 281 g/mol. The fraction of sp³-hybridized carbons (Fsp3) is 0.357. The van der Waals surface area contributed by atoms with Crippen LogP contribution in [0, 0.1) is 11.7 Å². The van der Waals surface area contributed by atoms with Crippen molar-refractivity contribution in [3.05, 3.63) is 34.6 Å². The van der Waals surface area contributed by atoms with Crippen molar-refractivity contribution >= 4 is 17.4 Å². The normalized spacial score (nSPS) is 11.3. The average Bonchev–Trinajstić information content (AvgIpc) is 2.57. The Balaban J connectivity index is 2.58. The summed E-state index contributed by atoms with van der Waals surface area (Å²) in [4.78, 5) is 0. The topological polar surface area (TPSA) is 43.8 Å². The van der Waals surface area contributed by atoms with E-state index in [1.807, 2.05) is 0 Å². The molecule has 0 fully saturated rings. The van der Waals surface area contributed by atoms with Crippen LogP contribution in [0.2, 0.25) is 5.02 Å². The third-order valence-electron chi connectivity index (χ3n) is 2.99. The van der Waals surface area contributed by atoms with Crippen LogP contribution < -0.4 is 5.73 Å².